The predicted octanol–water partition coefficient (Wildman–Crippen LogP) is 1.98. The molecule has 1 N–H and O–H groups in total. The van der Waals surface area contributed by atoms with E-state index >= 15 is 0 Å². The van der Waals surface area contributed by atoms with Crippen LogP contribution in [0.2, 0.25) is 0 Å². The Balaban J connectivity index is 4.24. The highest BCUT2D eigenvalue weighted by molar-refractivity contribution is 5.76. The third-order valence-electron chi connectivity index (χ3n) is 3.32. The minimum atomic E-state index is 0.177. The van der Waals surface area contributed by atoms with Crippen molar-refractivity contribution >= 4 is 5.91 Å². The van der Waals surface area contributed by atoms with Gasteiger partial charge in [0.25, 0.3) is 0 Å². The summed E-state index contributed by atoms with van der Waals surface area (Å²) in [6.07, 6.45) is 2.07. The second-order valence-electron chi connectivity index (χ2n) is 5.44. The normalized spacial score (nSPS) is 11.3. The average molecular weight is 272 g/mol. The van der Waals surface area contributed by atoms with Crippen molar-refractivity contribution in [2.75, 3.05) is 39.3 Å². The van der Waals surface area contributed by atoms with Gasteiger partial charge in [-0.1, -0.05) is 27.7 Å². The molecule has 0 rings (SSSR count). The largest absolute Gasteiger partial charge is 0.396 e. The minimum absolute atomic E-state index is 0.177. The van der Waals surface area contributed by atoms with Gasteiger partial charge in [-0.2, -0.15) is 0 Å². The molecule has 0 saturated carbocycles. The Morgan fingerprint density at radius 1 is 1.11 bits per heavy atom. The third-order valence-corrected chi connectivity index (χ3v) is 3.32. The molecule has 0 aromatic heterocycles. The molecular weight excluding hydrogens is 240 g/mol. The lowest BCUT2D eigenvalue weighted by molar-refractivity contribution is -0.132. The van der Waals surface area contributed by atoms with Crippen molar-refractivity contribution in [2.24, 2.45) is 5.92 Å². The molecule has 0 bridgehead atoms. The molecule has 1 amide bonds. The Kier molecular flexibility index (Phi) is 10.9. The molecule has 0 radical (unpaired) electrons. The van der Waals surface area contributed by atoms with Crippen molar-refractivity contribution in [3.05, 3.63) is 0 Å². The van der Waals surface area contributed by atoms with Gasteiger partial charge in [-0.05, 0) is 31.8 Å². The van der Waals surface area contributed by atoms with Gasteiger partial charge < -0.3 is 14.9 Å². The lowest BCUT2D eigenvalue weighted by atomic mass is 10.1. The molecule has 0 saturated heterocycles. The van der Waals surface area contributed by atoms with Crippen LogP contribution in [0.4, 0.5) is 0 Å². The second-order valence-corrected chi connectivity index (χ2v) is 5.44. The summed E-state index contributed by atoms with van der Waals surface area (Å²) in [7, 11) is 0. The van der Waals surface area contributed by atoms with Gasteiger partial charge in [0, 0.05) is 32.7 Å². The molecule has 19 heavy (non-hydrogen) atoms. The molecule has 0 aromatic rings. The van der Waals surface area contributed by atoms with Crippen LogP contribution in [0.3, 0.4) is 0 Å². The highest BCUT2D eigenvalue weighted by atomic mass is 16.3. The van der Waals surface area contributed by atoms with Crippen molar-refractivity contribution in [3.8, 4) is 0 Å². The number of aliphatic hydroxyl groups excluding tert-OH is 1. The highest BCUT2D eigenvalue weighted by Gasteiger charge is 2.15. The minimum Gasteiger partial charge on any atom is -0.396 e. The number of aliphatic hydroxyl groups is 1. The van der Waals surface area contributed by atoms with Crippen LogP contribution in [0.25, 0.3) is 0 Å². The van der Waals surface area contributed by atoms with E-state index in [1.54, 1.807) is 0 Å². The van der Waals surface area contributed by atoms with E-state index in [-0.39, 0.29) is 12.5 Å². The molecule has 0 aliphatic rings. The van der Waals surface area contributed by atoms with Gasteiger partial charge in [0.05, 0.1) is 0 Å². The maximum absolute atomic E-state index is 12.2. The zero-order valence-corrected chi connectivity index (χ0v) is 13.2. The summed E-state index contributed by atoms with van der Waals surface area (Å²) in [4.78, 5) is 16.5. The van der Waals surface area contributed by atoms with E-state index in [0.717, 1.165) is 45.6 Å². The zero-order valence-electron chi connectivity index (χ0n) is 13.2. The number of nitrogens with zero attached hydrogens (tertiary/aromatic N) is 2. The smallest absolute Gasteiger partial charge is 0.222 e. The molecule has 4 heteroatoms. The van der Waals surface area contributed by atoms with Gasteiger partial charge in [0.15, 0.2) is 0 Å². The summed E-state index contributed by atoms with van der Waals surface area (Å²) in [5.74, 6) is 0.729. The molecule has 0 aliphatic carbocycles. The first kappa shape index (κ1) is 18.4. The first-order chi connectivity index (χ1) is 9.04. The van der Waals surface area contributed by atoms with E-state index in [0.29, 0.717) is 12.3 Å². The van der Waals surface area contributed by atoms with E-state index in [1.807, 2.05) is 4.90 Å². The van der Waals surface area contributed by atoms with Crippen molar-refractivity contribution in [2.45, 2.75) is 47.0 Å². The molecule has 0 heterocycles. The van der Waals surface area contributed by atoms with Gasteiger partial charge >= 0.3 is 0 Å². The van der Waals surface area contributed by atoms with Crippen LogP contribution in [0, 0.1) is 5.92 Å². The SMILES string of the molecule is CCN(CC)CCN(CC(C)C)C(=O)CCCCO. The van der Waals surface area contributed by atoms with Crippen molar-refractivity contribution < 1.29 is 9.90 Å². The number of likely N-dealkylation sites (N-methyl/N-ethyl adjacent to an activating group) is 1. The summed E-state index contributed by atoms with van der Waals surface area (Å²) in [5.41, 5.74) is 0. The fraction of sp³-hybridized carbons (Fsp3) is 0.933. The van der Waals surface area contributed by atoms with E-state index in [4.69, 9.17) is 5.11 Å². The quantitative estimate of drug-likeness (QED) is 0.585. The number of rotatable bonds is 11. The summed E-state index contributed by atoms with van der Waals surface area (Å²) in [6, 6.07) is 0. The molecule has 0 spiro atoms. The van der Waals surface area contributed by atoms with Crippen molar-refractivity contribution in [1.82, 2.24) is 9.80 Å². The Hall–Kier alpha value is -0.610. The van der Waals surface area contributed by atoms with Crippen LogP contribution in [0.5, 0.6) is 0 Å². The van der Waals surface area contributed by atoms with Gasteiger partial charge in [0.1, 0.15) is 0 Å². The first-order valence-corrected chi connectivity index (χ1v) is 7.66. The zero-order chi connectivity index (χ0) is 14.7. The number of hydrogen-bond acceptors (Lipinski definition) is 3. The molecular formula is C15H32N2O2. The molecule has 0 aliphatic heterocycles. The molecule has 114 valence electrons. The lowest BCUT2D eigenvalue weighted by Gasteiger charge is -2.28. The van der Waals surface area contributed by atoms with Gasteiger partial charge in [-0.3, -0.25) is 4.79 Å². The standard InChI is InChI=1S/C15H32N2O2/c1-5-16(6-2)10-11-17(13-14(3)4)15(19)9-7-8-12-18/h14,18H,5-13H2,1-4H3. The number of unbranched alkanes of at least 4 members (excludes halogenated alkanes) is 1. The second kappa shape index (κ2) is 11.2. The summed E-state index contributed by atoms with van der Waals surface area (Å²) in [5, 5.41) is 8.77. The van der Waals surface area contributed by atoms with Crippen LogP contribution >= 0.6 is 0 Å². The monoisotopic (exact) mass is 272 g/mol. The molecule has 0 unspecified atom stereocenters. The van der Waals surface area contributed by atoms with Crippen molar-refractivity contribution in [3.63, 3.8) is 0 Å². The predicted molar refractivity (Wildman–Crippen MR) is 80.1 cm³/mol. The fourth-order valence-electron chi connectivity index (χ4n) is 2.11. The van der Waals surface area contributed by atoms with Crippen LogP contribution in [-0.4, -0.2) is 60.1 Å². The van der Waals surface area contributed by atoms with Crippen LogP contribution < -0.4 is 0 Å². The van der Waals surface area contributed by atoms with Gasteiger partial charge in [-0.25, -0.2) is 0 Å². The Morgan fingerprint density at radius 3 is 2.21 bits per heavy atom. The van der Waals surface area contributed by atoms with Crippen molar-refractivity contribution in [1.29, 1.82) is 0 Å². The van der Waals surface area contributed by atoms with E-state index in [1.165, 1.54) is 0 Å². The molecule has 4 nitrogen and oxygen atoms in total. The Morgan fingerprint density at radius 2 is 1.74 bits per heavy atom. The average Bonchev–Trinajstić information content (AvgIpc) is 2.38. The Bertz CT molecular complexity index is 228. The highest BCUT2D eigenvalue weighted by Crippen LogP contribution is 2.05. The number of amides is 1. The molecule has 0 fully saturated rings. The summed E-state index contributed by atoms with van der Waals surface area (Å²) >= 11 is 0. The van der Waals surface area contributed by atoms with E-state index in [2.05, 4.69) is 32.6 Å². The molecule has 0 atom stereocenters. The van der Waals surface area contributed by atoms with E-state index in [9.17, 15) is 4.79 Å². The lowest BCUT2D eigenvalue weighted by Crippen LogP contribution is -2.40. The van der Waals surface area contributed by atoms with Crippen LogP contribution in [0.15, 0.2) is 0 Å². The maximum atomic E-state index is 12.2. The number of carbonyl (C=O) groups excluding carboxylic acids is 1. The number of hydrogen-bond donors (Lipinski definition) is 1. The van der Waals surface area contributed by atoms with Gasteiger partial charge in [-0.15, -0.1) is 0 Å². The fourth-order valence-corrected chi connectivity index (χ4v) is 2.11. The molecule has 0 aromatic carbocycles. The van der Waals surface area contributed by atoms with E-state index < -0.39 is 0 Å². The topological polar surface area (TPSA) is 43.8 Å². The number of carbonyl (C=O) groups is 1. The summed E-state index contributed by atoms with van der Waals surface area (Å²) < 4.78 is 0. The first-order valence-electron chi connectivity index (χ1n) is 7.66. The third kappa shape index (κ3) is 9.00. The van der Waals surface area contributed by atoms with Crippen LogP contribution in [-0.2, 0) is 4.79 Å². The Labute approximate surface area is 118 Å². The summed E-state index contributed by atoms with van der Waals surface area (Å²) in [6.45, 7) is 13.4. The van der Waals surface area contributed by atoms with Crippen LogP contribution in [0.1, 0.15) is 47.0 Å². The maximum Gasteiger partial charge on any atom is 0.222 e. The van der Waals surface area contributed by atoms with Gasteiger partial charge in [0.2, 0.25) is 5.91 Å².